The average Bonchev–Trinajstić information content (AvgIpc) is 2.86. The molecule has 16 heavy (non-hydrogen) atoms. The lowest BCUT2D eigenvalue weighted by atomic mass is 10.0. The van der Waals surface area contributed by atoms with E-state index in [-0.39, 0.29) is 5.92 Å². The van der Waals surface area contributed by atoms with Gasteiger partial charge in [-0.3, -0.25) is 0 Å². The van der Waals surface area contributed by atoms with Gasteiger partial charge in [-0.15, -0.1) is 11.3 Å². The zero-order valence-electron chi connectivity index (χ0n) is 9.24. The molecule has 1 aromatic heterocycles. The van der Waals surface area contributed by atoms with Gasteiger partial charge >= 0.3 is 0 Å². The van der Waals surface area contributed by atoms with E-state index in [9.17, 15) is 0 Å². The number of halogens is 1. The predicted octanol–water partition coefficient (Wildman–Crippen LogP) is 3.85. The molecule has 0 bridgehead atoms. The lowest BCUT2D eigenvalue weighted by Crippen LogP contribution is -2.33. The van der Waals surface area contributed by atoms with Crippen LogP contribution in [0.3, 0.4) is 0 Å². The first kappa shape index (κ1) is 12.1. The van der Waals surface area contributed by atoms with Gasteiger partial charge in [0, 0.05) is 17.0 Å². The molecule has 2 nitrogen and oxygen atoms in total. The Hall–Kier alpha value is -0.370. The second-order valence-electron chi connectivity index (χ2n) is 4.30. The zero-order chi connectivity index (χ0) is 11.5. The summed E-state index contributed by atoms with van der Waals surface area (Å²) >= 11 is 5.24. The van der Waals surface area contributed by atoms with Gasteiger partial charge in [0.15, 0.2) is 0 Å². The Balaban J connectivity index is 1.97. The first-order valence-electron chi connectivity index (χ1n) is 5.61. The molecule has 0 aliphatic heterocycles. The second-order valence-corrected chi connectivity index (χ2v) is 6.80. The van der Waals surface area contributed by atoms with Gasteiger partial charge in [0.1, 0.15) is 0 Å². The minimum atomic E-state index is 0.200. The Bertz CT molecular complexity index is 396. The van der Waals surface area contributed by atoms with Crippen LogP contribution < -0.4 is 5.32 Å². The van der Waals surface area contributed by atoms with Crippen LogP contribution in [0.25, 0.3) is 0 Å². The van der Waals surface area contributed by atoms with Crippen LogP contribution in [0.5, 0.6) is 0 Å². The summed E-state index contributed by atoms with van der Waals surface area (Å²) in [5.74, 6) is 0.200. The molecule has 1 fully saturated rings. The van der Waals surface area contributed by atoms with Crippen LogP contribution in [0.15, 0.2) is 15.9 Å². The van der Waals surface area contributed by atoms with E-state index in [1.54, 1.807) is 11.3 Å². The Labute approximate surface area is 109 Å². The molecule has 0 amide bonds. The van der Waals surface area contributed by atoms with Crippen molar-refractivity contribution in [3.8, 4) is 6.07 Å². The van der Waals surface area contributed by atoms with Crippen molar-refractivity contribution in [2.24, 2.45) is 5.92 Å². The number of hydrogen-bond acceptors (Lipinski definition) is 3. The SMILES string of the molecule is CC(NC1CCCC1C#N)c1ccc(Br)s1. The molecule has 0 aromatic carbocycles. The third-order valence-electron chi connectivity index (χ3n) is 3.17. The molecule has 1 heterocycles. The standard InChI is InChI=1S/C12H15BrN2S/c1-8(11-5-6-12(13)16-11)15-10-4-2-3-9(10)7-14/h5-6,8-10,15H,2-4H2,1H3. The van der Waals surface area contributed by atoms with E-state index in [2.05, 4.69) is 46.4 Å². The molecule has 1 N–H and O–H groups in total. The molecular formula is C12H15BrN2S. The van der Waals surface area contributed by atoms with Crippen LogP contribution in [-0.2, 0) is 0 Å². The van der Waals surface area contributed by atoms with Crippen molar-refractivity contribution >= 4 is 27.3 Å². The van der Waals surface area contributed by atoms with Gasteiger partial charge in [0.25, 0.3) is 0 Å². The fourth-order valence-corrected chi connectivity index (χ4v) is 3.71. The Kier molecular flexibility index (Phi) is 4.01. The van der Waals surface area contributed by atoms with Crippen LogP contribution in [0, 0.1) is 17.2 Å². The molecule has 1 aliphatic carbocycles. The summed E-state index contributed by atoms with van der Waals surface area (Å²) in [6.45, 7) is 2.17. The third kappa shape index (κ3) is 2.65. The van der Waals surface area contributed by atoms with Gasteiger partial charge in [-0.25, -0.2) is 0 Å². The van der Waals surface area contributed by atoms with Crippen molar-refractivity contribution in [2.45, 2.75) is 38.3 Å². The summed E-state index contributed by atoms with van der Waals surface area (Å²) in [5.41, 5.74) is 0. The first-order chi connectivity index (χ1) is 7.70. The molecule has 3 unspecified atom stereocenters. The van der Waals surface area contributed by atoms with Gasteiger partial charge in [0.05, 0.1) is 15.8 Å². The zero-order valence-corrected chi connectivity index (χ0v) is 11.6. The Morgan fingerprint density at radius 2 is 2.38 bits per heavy atom. The molecular weight excluding hydrogens is 284 g/mol. The van der Waals surface area contributed by atoms with Gasteiger partial charge in [-0.2, -0.15) is 5.26 Å². The molecule has 1 aromatic rings. The molecule has 0 spiro atoms. The van der Waals surface area contributed by atoms with Gasteiger partial charge in [0.2, 0.25) is 0 Å². The number of nitrogens with zero attached hydrogens (tertiary/aromatic N) is 1. The molecule has 0 radical (unpaired) electrons. The number of nitriles is 1. The maximum atomic E-state index is 9.03. The lowest BCUT2D eigenvalue weighted by Gasteiger charge is -2.20. The van der Waals surface area contributed by atoms with Crippen LogP contribution >= 0.6 is 27.3 Å². The van der Waals surface area contributed by atoms with E-state index in [1.807, 2.05) is 0 Å². The minimum Gasteiger partial charge on any atom is -0.305 e. The highest BCUT2D eigenvalue weighted by Crippen LogP contribution is 2.31. The number of nitrogens with one attached hydrogen (secondary N) is 1. The topological polar surface area (TPSA) is 35.8 Å². The fourth-order valence-electron chi connectivity index (χ4n) is 2.28. The van der Waals surface area contributed by atoms with Crippen LogP contribution in [0.2, 0.25) is 0 Å². The highest BCUT2D eigenvalue weighted by Gasteiger charge is 2.28. The van der Waals surface area contributed by atoms with E-state index < -0.39 is 0 Å². The first-order valence-corrected chi connectivity index (χ1v) is 7.22. The maximum absolute atomic E-state index is 9.03. The molecule has 3 atom stereocenters. The van der Waals surface area contributed by atoms with Crippen molar-refractivity contribution in [2.75, 3.05) is 0 Å². The maximum Gasteiger partial charge on any atom is 0.0701 e. The van der Waals surface area contributed by atoms with Crippen molar-refractivity contribution < 1.29 is 0 Å². The number of hydrogen-bond donors (Lipinski definition) is 1. The molecule has 2 rings (SSSR count). The van der Waals surface area contributed by atoms with E-state index >= 15 is 0 Å². The van der Waals surface area contributed by atoms with Gasteiger partial charge in [-0.1, -0.05) is 6.42 Å². The van der Waals surface area contributed by atoms with Crippen molar-refractivity contribution in [1.82, 2.24) is 5.32 Å². The summed E-state index contributed by atoms with van der Waals surface area (Å²) in [5, 5.41) is 12.6. The third-order valence-corrected chi connectivity index (χ3v) is 4.97. The quantitative estimate of drug-likeness (QED) is 0.920. The van der Waals surface area contributed by atoms with Gasteiger partial charge < -0.3 is 5.32 Å². The molecule has 1 aliphatic rings. The van der Waals surface area contributed by atoms with E-state index in [0.29, 0.717) is 12.1 Å². The van der Waals surface area contributed by atoms with Crippen LogP contribution in [0.1, 0.15) is 37.1 Å². The van der Waals surface area contributed by atoms with Crippen molar-refractivity contribution in [3.05, 3.63) is 20.8 Å². The average molecular weight is 299 g/mol. The predicted molar refractivity (Wildman–Crippen MR) is 70.3 cm³/mol. The molecule has 4 heteroatoms. The van der Waals surface area contributed by atoms with Crippen LogP contribution in [-0.4, -0.2) is 6.04 Å². The van der Waals surface area contributed by atoms with Crippen molar-refractivity contribution in [1.29, 1.82) is 5.26 Å². The lowest BCUT2D eigenvalue weighted by molar-refractivity contribution is 0.421. The smallest absolute Gasteiger partial charge is 0.0701 e. The Morgan fingerprint density at radius 1 is 1.56 bits per heavy atom. The molecule has 86 valence electrons. The normalized spacial score (nSPS) is 26.6. The largest absolute Gasteiger partial charge is 0.305 e. The molecule has 1 saturated carbocycles. The highest BCUT2D eigenvalue weighted by atomic mass is 79.9. The summed E-state index contributed by atoms with van der Waals surface area (Å²) in [4.78, 5) is 1.33. The fraction of sp³-hybridized carbons (Fsp3) is 0.583. The van der Waals surface area contributed by atoms with Crippen molar-refractivity contribution in [3.63, 3.8) is 0 Å². The highest BCUT2D eigenvalue weighted by molar-refractivity contribution is 9.11. The summed E-state index contributed by atoms with van der Waals surface area (Å²) in [6.07, 6.45) is 3.36. The number of rotatable bonds is 3. The summed E-state index contributed by atoms with van der Waals surface area (Å²) in [7, 11) is 0. The summed E-state index contributed by atoms with van der Waals surface area (Å²) < 4.78 is 1.17. The Morgan fingerprint density at radius 3 is 3.00 bits per heavy atom. The van der Waals surface area contributed by atoms with Crippen LogP contribution in [0.4, 0.5) is 0 Å². The second kappa shape index (κ2) is 5.31. The minimum absolute atomic E-state index is 0.200. The van der Waals surface area contributed by atoms with E-state index in [1.165, 1.54) is 15.1 Å². The number of thiophene rings is 1. The van der Waals surface area contributed by atoms with E-state index in [0.717, 1.165) is 12.8 Å². The van der Waals surface area contributed by atoms with E-state index in [4.69, 9.17) is 5.26 Å². The monoisotopic (exact) mass is 298 g/mol. The molecule has 0 saturated heterocycles. The summed E-state index contributed by atoms with van der Waals surface area (Å²) in [6, 6.07) is 7.35. The van der Waals surface area contributed by atoms with Gasteiger partial charge in [-0.05, 0) is 47.8 Å².